The van der Waals surface area contributed by atoms with Crippen LogP contribution in [0.5, 0.6) is 0 Å². The third kappa shape index (κ3) is 7.69. The van der Waals surface area contributed by atoms with Crippen molar-refractivity contribution in [2.24, 2.45) is 11.5 Å². The van der Waals surface area contributed by atoms with E-state index >= 15 is 0 Å². The molecule has 0 saturated carbocycles. The first-order valence-electron chi connectivity index (χ1n) is 9.53. The number of rotatable bonds is 8. The van der Waals surface area contributed by atoms with Crippen LogP contribution in [-0.2, 0) is 6.54 Å². The van der Waals surface area contributed by atoms with E-state index in [2.05, 4.69) is 71.7 Å². The van der Waals surface area contributed by atoms with Crippen molar-refractivity contribution in [2.75, 3.05) is 32.1 Å². The van der Waals surface area contributed by atoms with Crippen LogP contribution in [0.2, 0.25) is 0 Å². The van der Waals surface area contributed by atoms with Gasteiger partial charge in [-0.1, -0.05) is 30.3 Å². The van der Waals surface area contributed by atoms with E-state index in [9.17, 15) is 9.59 Å². The van der Waals surface area contributed by atoms with E-state index in [1.807, 2.05) is 11.3 Å². The molecule has 0 aliphatic carbocycles. The highest BCUT2D eigenvalue weighted by Crippen LogP contribution is 2.19. The molecule has 0 atom stereocenters. The zero-order valence-corrected chi connectivity index (χ0v) is 18.1. The number of amides is 2. The highest BCUT2D eigenvalue weighted by molar-refractivity contribution is 7.09. The molecule has 7 heteroatoms. The molecule has 30 heavy (non-hydrogen) atoms. The average molecular weight is 425 g/mol. The minimum absolute atomic E-state index is 0.284. The molecule has 0 fully saturated rings. The van der Waals surface area contributed by atoms with Crippen molar-refractivity contribution in [3.63, 3.8) is 0 Å². The molecule has 3 aromatic rings. The Morgan fingerprint density at radius 2 is 1.47 bits per heavy atom. The number of thiophene rings is 1. The van der Waals surface area contributed by atoms with E-state index in [0.29, 0.717) is 0 Å². The van der Waals surface area contributed by atoms with Crippen molar-refractivity contribution in [3.05, 3.63) is 88.1 Å². The monoisotopic (exact) mass is 424 g/mol. The molecule has 0 radical (unpaired) electrons. The fraction of sp³-hybridized carbons (Fsp3) is 0.217. The van der Waals surface area contributed by atoms with Crippen LogP contribution in [0.4, 0.5) is 5.69 Å². The standard InChI is InChI=1S/C15H20N2S.C8H8N2O2/c1-16(2)10-11-17(13-15-9-6-12-18-15)14-7-4-3-5-8-14;9-7(11)5-2-1-3-6(4-5)8(10)12/h3-9,12H,10-11,13H2,1-2H3;1-4H,(H2,9,11)(H2,10,12). The zero-order valence-electron chi connectivity index (χ0n) is 17.3. The number of nitrogens with two attached hydrogens (primary N) is 2. The van der Waals surface area contributed by atoms with Gasteiger partial charge < -0.3 is 21.3 Å². The van der Waals surface area contributed by atoms with Gasteiger partial charge in [0.15, 0.2) is 0 Å². The second-order valence-electron chi connectivity index (χ2n) is 6.95. The molecule has 3 rings (SSSR count). The normalized spacial score (nSPS) is 10.2. The Bertz CT molecular complexity index is 898. The van der Waals surface area contributed by atoms with Gasteiger partial charge in [-0.3, -0.25) is 9.59 Å². The number of hydrogen-bond acceptors (Lipinski definition) is 5. The van der Waals surface area contributed by atoms with E-state index in [1.54, 1.807) is 6.07 Å². The van der Waals surface area contributed by atoms with E-state index in [1.165, 1.54) is 28.8 Å². The summed E-state index contributed by atoms with van der Waals surface area (Å²) < 4.78 is 0. The van der Waals surface area contributed by atoms with Crippen molar-refractivity contribution >= 4 is 28.8 Å². The summed E-state index contributed by atoms with van der Waals surface area (Å²) in [5, 5.41) is 2.14. The van der Waals surface area contributed by atoms with Crippen molar-refractivity contribution < 1.29 is 9.59 Å². The SMILES string of the molecule is CN(C)CCN(Cc1cccs1)c1ccccc1.NC(=O)c1cccc(C(N)=O)c1. The van der Waals surface area contributed by atoms with Crippen LogP contribution >= 0.6 is 11.3 Å². The average Bonchev–Trinajstić information content (AvgIpc) is 3.25. The number of benzene rings is 2. The van der Waals surface area contributed by atoms with Gasteiger partial charge >= 0.3 is 0 Å². The number of primary amides is 2. The van der Waals surface area contributed by atoms with Crippen LogP contribution in [0.1, 0.15) is 25.6 Å². The van der Waals surface area contributed by atoms with Crippen molar-refractivity contribution in [3.8, 4) is 0 Å². The minimum Gasteiger partial charge on any atom is -0.366 e. The molecule has 0 unspecified atom stereocenters. The van der Waals surface area contributed by atoms with Crippen LogP contribution in [0.25, 0.3) is 0 Å². The molecule has 0 spiro atoms. The molecule has 1 heterocycles. The third-order valence-electron chi connectivity index (χ3n) is 4.30. The summed E-state index contributed by atoms with van der Waals surface area (Å²) in [6, 6.07) is 20.9. The van der Waals surface area contributed by atoms with Gasteiger partial charge in [-0.2, -0.15) is 0 Å². The van der Waals surface area contributed by atoms with Crippen LogP contribution in [0.3, 0.4) is 0 Å². The van der Waals surface area contributed by atoms with Gasteiger partial charge in [0.25, 0.3) is 0 Å². The number of carbonyl (C=O) groups excluding carboxylic acids is 2. The predicted octanol–water partition coefficient (Wildman–Crippen LogP) is 3.20. The summed E-state index contributed by atoms with van der Waals surface area (Å²) in [6.45, 7) is 3.12. The number of carbonyl (C=O) groups is 2. The molecular formula is C23H28N4O2S. The molecule has 1 aromatic heterocycles. The topological polar surface area (TPSA) is 92.7 Å². The highest BCUT2D eigenvalue weighted by atomic mass is 32.1. The van der Waals surface area contributed by atoms with Crippen molar-refractivity contribution in [1.82, 2.24) is 4.90 Å². The van der Waals surface area contributed by atoms with Gasteiger partial charge in [0, 0.05) is 34.8 Å². The Hall–Kier alpha value is -3.16. The summed E-state index contributed by atoms with van der Waals surface area (Å²) in [5.74, 6) is -1.14. The van der Waals surface area contributed by atoms with Gasteiger partial charge in [0.1, 0.15) is 0 Å². The Labute approximate surface area is 181 Å². The van der Waals surface area contributed by atoms with E-state index in [4.69, 9.17) is 11.5 Å². The molecule has 4 N–H and O–H groups in total. The Balaban J connectivity index is 0.000000232. The lowest BCUT2D eigenvalue weighted by molar-refractivity contribution is 0.0999. The summed E-state index contributed by atoms with van der Waals surface area (Å²) in [4.78, 5) is 27.4. The summed E-state index contributed by atoms with van der Waals surface area (Å²) in [7, 11) is 4.24. The van der Waals surface area contributed by atoms with E-state index < -0.39 is 11.8 Å². The van der Waals surface area contributed by atoms with Crippen LogP contribution in [-0.4, -0.2) is 43.9 Å². The second-order valence-corrected chi connectivity index (χ2v) is 7.98. The van der Waals surface area contributed by atoms with Crippen molar-refractivity contribution in [1.29, 1.82) is 0 Å². The lowest BCUT2D eigenvalue weighted by Gasteiger charge is -2.26. The molecule has 2 aromatic carbocycles. The number of likely N-dealkylation sites (N-methyl/N-ethyl adjacent to an activating group) is 1. The molecular weight excluding hydrogens is 396 g/mol. The first-order valence-corrected chi connectivity index (χ1v) is 10.4. The van der Waals surface area contributed by atoms with Gasteiger partial charge in [-0.25, -0.2) is 0 Å². The summed E-state index contributed by atoms with van der Waals surface area (Å²) >= 11 is 1.82. The lowest BCUT2D eigenvalue weighted by Crippen LogP contribution is -2.31. The van der Waals surface area contributed by atoms with Gasteiger partial charge in [-0.05, 0) is 55.9 Å². The largest absolute Gasteiger partial charge is 0.366 e. The first kappa shape index (κ1) is 23.1. The van der Waals surface area contributed by atoms with E-state index in [0.717, 1.165) is 19.6 Å². The van der Waals surface area contributed by atoms with Crippen LogP contribution < -0.4 is 16.4 Å². The lowest BCUT2D eigenvalue weighted by atomic mass is 10.1. The summed E-state index contributed by atoms with van der Waals surface area (Å²) in [5.41, 5.74) is 11.8. The molecule has 0 bridgehead atoms. The molecule has 6 nitrogen and oxygen atoms in total. The number of para-hydroxylation sites is 1. The Kier molecular flexibility index (Phi) is 9.05. The van der Waals surface area contributed by atoms with Gasteiger partial charge in [-0.15, -0.1) is 11.3 Å². The zero-order chi connectivity index (χ0) is 21.9. The Morgan fingerprint density at radius 3 is 1.97 bits per heavy atom. The fourth-order valence-electron chi connectivity index (χ4n) is 2.68. The van der Waals surface area contributed by atoms with Crippen LogP contribution in [0.15, 0.2) is 72.1 Å². The highest BCUT2D eigenvalue weighted by Gasteiger charge is 2.08. The molecule has 2 amide bonds. The molecule has 0 saturated heterocycles. The smallest absolute Gasteiger partial charge is 0.248 e. The second kappa shape index (κ2) is 11.7. The number of hydrogen-bond donors (Lipinski definition) is 2. The van der Waals surface area contributed by atoms with Crippen molar-refractivity contribution in [2.45, 2.75) is 6.54 Å². The maximum Gasteiger partial charge on any atom is 0.248 e. The predicted molar refractivity (Wildman–Crippen MR) is 124 cm³/mol. The van der Waals surface area contributed by atoms with E-state index in [-0.39, 0.29) is 11.1 Å². The summed E-state index contributed by atoms with van der Waals surface area (Å²) in [6.07, 6.45) is 0. The quantitative estimate of drug-likeness (QED) is 0.581. The molecule has 0 aliphatic heterocycles. The maximum absolute atomic E-state index is 10.6. The van der Waals surface area contributed by atoms with Gasteiger partial charge in [0.05, 0.1) is 6.54 Å². The number of anilines is 1. The van der Waals surface area contributed by atoms with Crippen LogP contribution in [0, 0.1) is 0 Å². The molecule has 0 aliphatic rings. The fourth-order valence-corrected chi connectivity index (χ4v) is 3.39. The maximum atomic E-state index is 10.6. The first-order chi connectivity index (χ1) is 14.4. The molecule has 158 valence electrons. The number of nitrogens with zero attached hydrogens (tertiary/aromatic N) is 2. The Morgan fingerprint density at radius 1 is 0.833 bits per heavy atom. The third-order valence-corrected chi connectivity index (χ3v) is 5.16. The minimum atomic E-state index is -0.571. The van der Waals surface area contributed by atoms with Gasteiger partial charge in [0.2, 0.25) is 11.8 Å².